The number of nitrogen functional groups attached to an aromatic ring is 1. The van der Waals surface area contributed by atoms with Crippen LogP contribution in [-0.4, -0.2) is 14.9 Å². The van der Waals surface area contributed by atoms with E-state index in [-0.39, 0.29) is 0 Å². The Labute approximate surface area is 104 Å². The van der Waals surface area contributed by atoms with Crippen molar-refractivity contribution in [3.63, 3.8) is 0 Å². The van der Waals surface area contributed by atoms with Crippen molar-refractivity contribution >= 4 is 5.82 Å². The molecule has 0 unspecified atom stereocenters. The van der Waals surface area contributed by atoms with Crippen molar-refractivity contribution in [3.05, 3.63) is 48.3 Å². The molecule has 0 aliphatic rings. The second kappa shape index (κ2) is 4.03. The van der Waals surface area contributed by atoms with Crippen molar-refractivity contribution in [2.45, 2.75) is 6.92 Å². The molecule has 0 atom stereocenters. The Morgan fingerprint density at radius 3 is 2.83 bits per heavy atom. The van der Waals surface area contributed by atoms with E-state index in [1.165, 1.54) is 0 Å². The summed E-state index contributed by atoms with van der Waals surface area (Å²) >= 11 is 0. The summed E-state index contributed by atoms with van der Waals surface area (Å²) in [7, 11) is 0. The molecule has 0 amide bonds. The van der Waals surface area contributed by atoms with Crippen molar-refractivity contribution in [3.8, 4) is 17.0 Å². The Morgan fingerprint density at radius 1 is 1.28 bits per heavy atom. The molecule has 0 aliphatic heterocycles. The van der Waals surface area contributed by atoms with E-state index in [1.54, 1.807) is 6.07 Å². The lowest BCUT2D eigenvalue weighted by Gasteiger charge is -2.02. The smallest absolute Gasteiger partial charge is 0.169 e. The van der Waals surface area contributed by atoms with Gasteiger partial charge in [-0.15, -0.1) is 0 Å². The summed E-state index contributed by atoms with van der Waals surface area (Å²) in [5.41, 5.74) is 8.55. The van der Waals surface area contributed by atoms with Crippen molar-refractivity contribution in [2.24, 2.45) is 0 Å². The Hall–Kier alpha value is -2.56. The molecule has 0 radical (unpaired) electrons. The molecule has 0 saturated carbocycles. The maximum absolute atomic E-state index is 5.55. The van der Waals surface area contributed by atoms with Crippen molar-refractivity contribution < 1.29 is 4.52 Å². The minimum absolute atomic E-state index is 0.380. The van der Waals surface area contributed by atoms with E-state index in [0.717, 1.165) is 16.8 Å². The molecule has 0 spiro atoms. The quantitative estimate of drug-likeness (QED) is 0.746. The van der Waals surface area contributed by atoms with Gasteiger partial charge in [-0.05, 0) is 24.6 Å². The number of aromatic nitrogens is 3. The summed E-state index contributed by atoms with van der Waals surface area (Å²) in [6.07, 6.45) is 3.78. The number of anilines is 1. The van der Waals surface area contributed by atoms with Gasteiger partial charge >= 0.3 is 0 Å². The first-order valence-corrected chi connectivity index (χ1v) is 5.57. The van der Waals surface area contributed by atoms with Gasteiger partial charge in [0.1, 0.15) is 0 Å². The van der Waals surface area contributed by atoms with Crippen molar-refractivity contribution in [1.29, 1.82) is 0 Å². The van der Waals surface area contributed by atoms with E-state index in [2.05, 4.69) is 10.3 Å². The summed E-state index contributed by atoms with van der Waals surface area (Å²) in [4.78, 5) is 0. The van der Waals surface area contributed by atoms with Gasteiger partial charge in [0.15, 0.2) is 11.6 Å². The number of hydrogen-bond acceptors (Lipinski definition) is 4. The average molecular weight is 240 g/mol. The molecular weight excluding hydrogens is 228 g/mol. The Morgan fingerprint density at radius 2 is 2.17 bits per heavy atom. The highest BCUT2D eigenvalue weighted by Gasteiger charge is 2.06. The standard InChI is InChI=1S/C13H12N4O/c1-9-7-15-17(8-9)11-4-2-3-10(5-11)12-6-13(14)16-18-12/h2-8H,1H3,(H2,14,16). The topological polar surface area (TPSA) is 69.9 Å². The van der Waals surface area contributed by atoms with Crippen LogP contribution in [0.5, 0.6) is 0 Å². The molecule has 2 aromatic heterocycles. The van der Waals surface area contributed by atoms with Crippen LogP contribution < -0.4 is 5.73 Å². The molecule has 3 rings (SSSR count). The fourth-order valence-electron chi connectivity index (χ4n) is 1.78. The predicted octanol–water partition coefficient (Wildman–Crippen LogP) is 2.42. The van der Waals surface area contributed by atoms with Gasteiger partial charge in [0, 0.05) is 17.8 Å². The number of aryl methyl sites for hydroxylation is 1. The molecule has 2 N–H and O–H groups in total. The molecule has 5 nitrogen and oxygen atoms in total. The Kier molecular flexibility index (Phi) is 2.37. The lowest BCUT2D eigenvalue weighted by atomic mass is 10.1. The van der Waals surface area contributed by atoms with Crippen LogP contribution in [0.1, 0.15) is 5.56 Å². The van der Waals surface area contributed by atoms with Gasteiger partial charge in [0.25, 0.3) is 0 Å². The Bertz CT molecular complexity index is 628. The highest BCUT2D eigenvalue weighted by atomic mass is 16.5. The van der Waals surface area contributed by atoms with Crippen LogP contribution in [0.3, 0.4) is 0 Å². The van der Waals surface area contributed by atoms with Crippen molar-refractivity contribution in [1.82, 2.24) is 14.9 Å². The van der Waals surface area contributed by atoms with Gasteiger partial charge in [-0.2, -0.15) is 5.10 Å². The molecule has 18 heavy (non-hydrogen) atoms. The number of hydrogen-bond donors (Lipinski definition) is 1. The summed E-state index contributed by atoms with van der Waals surface area (Å²) in [5, 5.41) is 7.95. The molecule has 0 fully saturated rings. The summed E-state index contributed by atoms with van der Waals surface area (Å²) < 4.78 is 6.96. The lowest BCUT2D eigenvalue weighted by Crippen LogP contribution is -1.93. The van der Waals surface area contributed by atoms with Crippen LogP contribution in [0.15, 0.2) is 47.2 Å². The largest absolute Gasteiger partial charge is 0.381 e. The van der Waals surface area contributed by atoms with E-state index < -0.39 is 0 Å². The molecule has 0 aliphatic carbocycles. The zero-order valence-corrected chi connectivity index (χ0v) is 9.87. The zero-order valence-electron chi connectivity index (χ0n) is 9.87. The molecular formula is C13H12N4O. The summed E-state index contributed by atoms with van der Waals surface area (Å²) in [6, 6.07) is 9.55. The summed E-state index contributed by atoms with van der Waals surface area (Å²) in [6.45, 7) is 2.00. The van der Waals surface area contributed by atoms with E-state index in [0.29, 0.717) is 11.6 Å². The third kappa shape index (κ3) is 1.86. The highest BCUT2D eigenvalue weighted by Crippen LogP contribution is 2.23. The van der Waals surface area contributed by atoms with E-state index in [9.17, 15) is 0 Å². The van der Waals surface area contributed by atoms with Crippen LogP contribution in [-0.2, 0) is 0 Å². The van der Waals surface area contributed by atoms with E-state index >= 15 is 0 Å². The van der Waals surface area contributed by atoms with Gasteiger partial charge in [-0.3, -0.25) is 0 Å². The second-order valence-electron chi connectivity index (χ2n) is 4.13. The van der Waals surface area contributed by atoms with Gasteiger partial charge in [-0.1, -0.05) is 17.3 Å². The monoisotopic (exact) mass is 240 g/mol. The number of benzene rings is 1. The van der Waals surface area contributed by atoms with E-state index in [1.807, 2.05) is 48.3 Å². The van der Waals surface area contributed by atoms with Gasteiger partial charge in [-0.25, -0.2) is 4.68 Å². The maximum atomic E-state index is 5.55. The molecule has 2 heterocycles. The van der Waals surface area contributed by atoms with Gasteiger partial charge in [0.05, 0.1) is 11.9 Å². The van der Waals surface area contributed by atoms with Crippen LogP contribution in [0.25, 0.3) is 17.0 Å². The molecule has 0 bridgehead atoms. The van der Waals surface area contributed by atoms with Gasteiger partial charge in [0.2, 0.25) is 0 Å². The summed E-state index contributed by atoms with van der Waals surface area (Å²) in [5.74, 6) is 1.03. The molecule has 1 aromatic carbocycles. The van der Waals surface area contributed by atoms with Crippen molar-refractivity contribution in [2.75, 3.05) is 5.73 Å². The third-order valence-electron chi connectivity index (χ3n) is 2.64. The Balaban J connectivity index is 2.04. The lowest BCUT2D eigenvalue weighted by molar-refractivity contribution is 0.436. The molecule has 90 valence electrons. The molecule has 3 aromatic rings. The minimum Gasteiger partial charge on any atom is -0.381 e. The first kappa shape index (κ1) is 10.6. The second-order valence-corrected chi connectivity index (χ2v) is 4.13. The fourth-order valence-corrected chi connectivity index (χ4v) is 1.78. The highest BCUT2D eigenvalue weighted by molar-refractivity contribution is 5.62. The number of nitrogens with two attached hydrogens (primary N) is 1. The number of rotatable bonds is 2. The van der Waals surface area contributed by atoms with Crippen LogP contribution in [0.4, 0.5) is 5.82 Å². The first-order valence-electron chi connectivity index (χ1n) is 5.57. The minimum atomic E-state index is 0.380. The van der Waals surface area contributed by atoms with Crippen LogP contribution in [0, 0.1) is 6.92 Å². The SMILES string of the molecule is Cc1cnn(-c2cccc(-c3cc(N)no3)c2)c1. The zero-order chi connectivity index (χ0) is 12.5. The fraction of sp³-hybridized carbons (Fsp3) is 0.0769. The molecule has 0 saturated heterocycles. The maximum Gasteiger partial charge on any atom is 0.169 e. The van der Waals surface area contributed by atoms with Crippen LogP contribution >= 0.6 is 0 Å². The van der Waals surface area contributed by atoms with Gasteiger partial charge < -0.3 is 10.3 Å². The van der Waals surface area contributed by atoms with E-state index in [4.69, 9.17) is 10.3 Å². The predicted molar refractivity (Wildman–Crippen MR) is 68.2 cm³/mol. The normalized spacial score (nSPS) is 10.7. The first-order chi connectivity index (χ1) is 8.72. The third-order valence-corrected chi connectivity index (χ3v) is 2.64. The number of nitrogens with zero attached hydrogens (tertiary/aromatic N) is 3. The average Bonchev–Trinajstić information content (AvgIpc) is 2.98. The molecule has 5 heteroatoms. The van der Waals surface area contributed by atoms with Crippen LogP contribution in [0.2, 0.25) is 0 Å².